The summed E-state index contributed by atoms with van der Waals surface area (Å²) < 4.78 is 33.5. The van der Waals surface area contributed by atoms with Crippen molar-refractivity contribution in [3.8, 4) is 0 Å². The number of rotatable bonds is 9. The minimum atomic E-state index is -4.35. The van der Waals surface area contributed by atoms with Gasteiger partial charge >= 0.3 is 12.1 Å². The van der Waals surface area contributed by atoms with Gasteiger partial charge in [0.25, 0.3) is 0 Å². The van der Waals surface area contributed by atoms with Gasteiger partial charge in [0, 0.05) is 12.6 Å². The lowest BCUT2D eigenvalue weighted by atomic mass is 9.87. The Morgan fingerprint density at radius 3 is 2.02 bits per heavy atom. The average molecular weight is 583 g/mol. The lowest BCUT2D eigenvalue weighted by molar-refractivity contribution is -0.135. The molecule has 0 saturated carbocycles. The number of aromatic nitrogens is 2. The summed E-state index contributed by atoms with van der Waals surface area (Å²) in [4.78, 5) is 31.8. The number of carbonyl (C=O) groups is 2. The summed E-state index contributed by atoms with van der Waals surface area (Å²) in [5.74, 6) is -1.43. The lowest BCUT2D eigenvalue weighted by Crippen LogP contribution is -2.48. The van der Waals surface area contributed by atoms with Crippen molar-refractivity contribution in [3.05, 3.63) is 83.7 Å². The Kier molecular flexibility index (Phi) is 9.24. The van der Waals surface area contributed by atoms with Crippen LogP contribution < -0.4 is 10.6 Å². The molecule has 10 nitrogen and oxygen atoms in total. The molecule has 0 aliphatic heterocycles. The molecule has 11 heteroatoms. The van der Waals surface area contributed by atoms with E-state index in [-0.39, 0.29) is 28.4 Å². The van der Waals surface area contributed by atoms with E-state index in [1.165, 1.54) is 30.5 Å². The van der Waals surface area contributed by atoms with E-state index >= 15 is 0 Å². The minimum absolute atomic E-state index is 0.0712. The Balaban J connectivity index is 2.14. The summed E-state index contributed by atoms with van der Waals surface area (Å²) >= 11 is 0. The van der Waals surface area contributed by atoms with Crippen LogP contribution in [0.2, 0.25) is 0 Å². The van der Waals surface area contributed by atoms with E-state index in [4.69, 9.17) is 10.5 Å². The number of amides is 1. The predicted molar refractivity (Wildman–Crippen MR) is 156 cm³/mol. The first-order valence-electron chi connectivity index (χ1n) is 13.1. The highest BCUT2D eigenvalue weighted by Crippen LogP contribution is 2.34. The fourth-order valence-corrected chi connectivity index (χ4v) is 5.78. The summed E-state index contributed by atoms with van der Waals surface area (Å²) in [7, 11) is -4.35. The minimum Gasteiger partial charge on any atom is -0.480 e. The molecule has 2 heterocycles. The largest absolute Gasteiger partial charge is 0.480 e. The van der Waals surface area contributed by atoms with Crippen LogP contribution in [0.4, 0.5) is 10.6 Å². The first kappa shape index (κ1) is 31.7. The van der Waals surface area contributed by atoms with Gasteiger partial charge in [-0.25, -0.2) is 23.2 Å². The average Bonchev–Trinajstić information content (AvgIpc) is 2.87. The van der Waals surface area contributed by atoms with Crippen LogP contribution in [-0.2, 0) is 37.1 Å². The number of anilines is 1. The second-order valence-corrected chi connectivity index (χ2v) is 14.3. The number of ether oxygens (including phenoxy) is 1. The molecule has 0 bridgehead atoms. The molecule has 1 amide bonds. The first-order valence-corrected chi connectivity index (χ1v) is 14.6. The van der Waals surface area contributed by atoms with Gasteiger partial charge in [0.1, 0.15) is 18.0 Å². The van der Waals surface area contributed by atoms with Crippen molar-refractivity contribution in [3.63, 3.8) is 0 Å². The molecule has 3 N–H and O–H groups in total. The second kappa shape index (κ2) is 12.0. The lowest BCUT2D eigenvalue weighted by Gasteiger charge is -2.30. The third-order valence-electron chi connectivity index (χ3n) is 5.97. The number of aliphatic carboxylic acids is 1. The molecule has 1 unspecified atom stereocenters. The number of carboxylic acids is 1. The third kappa shape index (κ3) is 8.11. The topological polar surface area (TPSA) is 153 Å². The molecule has 1 aromatic carbocycles. The van der Waals surface area contributed by atoms with Crippen LogP contribution >= 0.6 is 0 Å². The van der Waals surface area contributed by atoms with Crippen molar-refractivity contribution in [2.45, 2.75) is 69.9 Å². The molecule has 0 aliphatic carbocycles. The van der Waals surface area contributed by atoms with Crippen molar-refractivity contribution < 1.29 is 27.9 Å². The highest BCUT2D eigenvalue weighted by Gasteiger charge is 2.45. The summed E-state index contributed by atoms with van der Waals surface area (Å²) in [6.45, 7) is 10.6. The molecule has 0 spiro atoms. The molecule has 3 rings (SSSR count). The van der Waals surface area contributed by atoms with E-state index in [0.29, 0.717) is 5.56 Å². The smallest absolute Gasteiger partial charge is 0.416 e. The van der Waals surface area contributed by atoms with Gasteiger partial charge in [-0.2, -0.15) is 0 Å². The van der Waals surface area contributed by atoms with Crippen LogP contribution in [0.15, 0.2) is 71.9 Å². The van der Waals surface area contributed by atoms with Crippen molar-refractivity contribution >= 4 is 27.7 Å². The SMILES string of the molecule is CC(C)(C)Cc1ccc(CC(N)(c2cccc(N(CC(=O)O)C(=O)OC(C)(C)C)n2)S(=O)(=O)c2ccccn2)cc1. The van der Waals surface area contributed by atoms with E-state index in [1.54, 1.807) is 32.9 Å². The maximum absolute atomic E-state index is 14.1. The number of carbonyl (C=O) groups excluding carboxylic acids is 1. The molecular formula is C30H38N4O6S. The van der Waals surface area contributed by atoms with Gasteiger partial charge in [-0.3, -0.25) is 9.69 Å². The molecule has 0 fully saturated rings. The number of pyridine rings is 2. The standard InChI is InChI=1S/C30H38N4O6S/c1-28(2,3)18-21-13-15-22(16-14-21)19-30(31,41(38,39)25-12-7-8-17-32-25)23-10-9-11-24(33-23)34(20-26(35)36)27(37)40-29(4,5)6/h7-17H,18-20,31H2,1-6H3,(H,35,36). The second-order valence-electron chi connectivity index (χ2n) is 12.1. The van der Waals surface area contributed by atoms with Gasteiger partial charge in [-0.15, -0.1) is 0 Å². The molecule has 0 saturated heterocycles. The number of carboxylic acid groups (broad SMARTS) is 1. The van der Waals surface area contributed by atoms with Gasteiger partial charge in [0.15, 0.2) is 9.90 Å². The van der Waals surface area contributed by atoms with Gasteiger partial charge < -0.3 is 15.6 Å². The number of hydrogen-bond acceptors (Lipinski definition) is 8. The molecule has 41 heavy (non-hydrogen) atoms. The zero-order valence-corrected chi connectivity index (χ0v) is 25.1. The number of benzene rings is 1. The Bertz CT molecular complexity index is 1480. The first-order chi connectivity index (χ1) is 18.9. The Morgan fingerprint density at radius 1 is 0.902 bits per heavy atom. The molecule has 3 aromatic rings. The maximum Gasteiger partial charge on any atom is 0.416 e. The number of hydrogen-bond donors (Lipinski definition) is 2. The number of nitrogens with zero attached hydrogens (tertiary/aromatic N) is 3. The van der Waals surface area contributed by atoms with Gasteiger partial charge in [-0.05, 0) is 68.0 Å². The fraction of sp³-hybridized carbons (Fsp3) is 0.400. The van der Waals surface area contributed by atoms with Crippen molar-refractivity contribution in [1.82, 2.24) is 9.97 Å². The van der Waals surface area contributed by atoms with Crippen LogP contribution in [0.5, 0.6) is 0 Å². The van der Waals surface area contributed by atoms with Crippen molar-refractivity contribution in [1.29, 1.82) is 0 Å². The van der Waals surface area contributed by atoms with E-state index in [1.807, 2.05) is 24.3 Å². The molecule has 2 aromatic heterocycles. The fourth-order valence-electron chi connectivity index (χ4n) is 4.21. The Hall–Kier alpha value is -3.83. The van der Waals surface area contributed by atoms with Crippen LogP contribution in [0.3, 0.4) is 0 Å². The van der Waals surface area contributed by atoms with Gasteiger partial charge in [0.05, 0.1) is 5.69 Å². The Morgan fingerprint density at radius 2 is 1.51 bits per heavy atom. The van der Waals surface area contributed by atoms with E-state index in [2.05, 4.69) is 30.7 Å². The molecule has 220 valence electrons. The summed E-state index contributed by atoms with van der Waals surface area (Å²) in [5.41, 5.74) is 7.62. The van der Waals surface area contributed by atoms with Crippen LogP contribution in [0.1, 0.15) is 58.4 Å². The van der Waals surface area contributed by atoms with E-state index < -0.39 is 38.9 Å². The molecule has 1 atom stereocenters. The monoisotopic (exact) mass is 582 g/mol. The molecule has 0 aliphatic rings. The number of nitrogens with two attached hydrogens (primary N) is 1. The van der Waals surface area contributed by atoms with Crippen LogP contribution in [0, 0.1) is 5.41 Å². The van der Waals surface area contributed by atoms with E-state index in [9.17, 15) is 23.1 Å². The van der Waals surface area contributed by atoms with Crippen LogP contribution in [0.25, 0.3) is 0 Å². The third-order valence-corrected chi connectivity index (χ3v) is 8.07. The predicted octanol–water partition coefficient (Wildman–Crippen LogP) is 4.72. The van der Waals surface area contributed by atoms with Crippen LogP contribution in [-0.4, -0.2) is 47.7 Å². The molecule has 0 radical (unpaired) electrons. The Labute approximate surface area is 241 Å². The normalized spacial score (nSPS) is 13.7. The highest BCUT2D eigenvalue weighted by molar-refractivity contribution is 7.92. The van der Waals surface area contributed by atoms with Gasteiger partial charge in [0.2, 0.25) is 9.84 Å². The summed E-state index contributed by atoms with van der Waals surface area (Å²) in [5, 5.41) is 9.24. The molecular weight excluding hydrogens is 544 g/mol. The van der Waals surface area contributed by atoms with Crippen molar-refractivity contribution in [2.75, 3.05) is 11.4 Å². The quantitative estimate of drug-likeness (QED) is 0.365. The van der Waals surface area contributed by atoms with E-state index in [0.717, 1.165) is 16.9 Å². The zero-order chi connectivity index (χ0) is 30.6. The zero-order valence-electron chi connectivity index (χ0n) is 24.3. The number of sulfone groups is 1. The van der Waals surface area contributed by atoms with Gasteiger partial charge in [-0.1, -0.05) is 57.2 Å². The maximum atomic E-state index is 14.1. The summed E-state index contributed by atoms with van der Waals surface area (Å²) in [6, 6.07) is 16.3. The van der Waals surface area contributed by atoms with Crippen molar-refractivity contribution in [2.24, 2.45) is 11.1 Å². The highest BCUT2D eigenvalue weighted by atomic mass is 32.2. The summed E-state index contributed by atoms with van der Waals surface area (Å²) in [6.07, 6.45) is 1.08.